The van der Waals surface area contributed by atoms with Crippen molar-refractivity contribution in [3.63, 3.8) is 0 Å². The summed E-state index contributed by atoms with van der Waals surface area (Å²) in [7, 11) is 0. The Morgan fingerprint density at radius 1 is 1.44 bits per heavy atom. The van der Waals surface area contributed by atoms with E-state index in [9.17, 15) is 4.79 Å². The van der Waals surface area contributed by atoms with Gasteiger partial charge in [0.1, 0.15) is 5.78 Å². The molecular weight excluding hydrogens is 196 g/mol. The summed E-state index contributed by atoms with van der Waals surface area (Å²) in [6, 6.07) is 0. The third-order valence-corrected chi connectivity index (χ3v) is 4.83. The third-order valence-electron chi connectivity index (χ3n) is 4.83. The lowest BCUT2D eigenvalue weighted by atomic mass is 9.53. The largest absolute Gasteiger partial charge is 0.299 e. The summed E-state index contributed by atoms with van der Waals surface area (Å²) in [6.45, 7) is 8.66. The van der Waals surface area contributed by atoms with Crippen molar-refractivity contribution in [2.45, 2.75) is 59.8 Å². The molecule has 2 unspecified atom stereocenters. The van der Waals surface area contributed by atoms with Crippen LogP contribution >= 0.6 is 0 Å². The zero-order valence-electron chi connectivity index (χ0n) is 11.1. The summed E-state index contributed by atoms with van der Waals surface area (Å²) in [5.74, 6) is 1.04. The second-order valence-corrected chi connectivity index (χ2v) is 6.75. The van der Waals surface area contributed by atoms with Crippen LogP contribution in [0.1, 0.15) is 59.8 Å². The molecule has 0 radical (unpaired) electrons. The second kappa shape index (κ2) is 3.72. The van der Waals surface area contributed by atoms with E-state index in [0.29, 0.717) is 17.1 Å². The molecule has 0 bridgehead atoms. The van der Waals surface area contributed by atoms with E-state index in [1.807, 2.05) is 6.92 Å². The number of hydrogen-bond acceptors (Lipinski definition) is 1. The van der Waals surface area contributed by atoms with Crippen molar-refractivity contribution in [2.75, 3.05) is 0 Å². The number of fused-ring (bicyclic) bond motifs is 1. The van der Waals surface area contributed by atoms with Crippen molar-refractivity contribution in [2.24, 2.45) is 16.7 Å². The van der Waals surface area contributed by atoms with Crippen LogP contribution in [0.2, 0.25) is 0 Å². The van der Waals surface area contributed by atoms with E-state index in [0.717, 1.165) is 19.3 Å². The molecule has 0 saturated heterocycles. The first-order chi connectivity index (χ1) is 7.36. The van der Waals surface area contributed by atoms with Gasteiger partial charge in [0, 0.05) is 5.41 Å². The highest BCUT2D eigenvalue weighted by Crippen LogP contribution is 2.55. The maximum atomic E-state index is 12.1. The summed E-state index contributed by atoms with van der Waals surface area (Å²) in [5.41, 5.74) is 1.81. The Kier molecular flexibility index (Phi) is 2.76. The Labute approximate surface area is 99.3 Å². The quantitative estimate of drug-likeness (QED) is 0.607. The molecule has 0 aromatic heterocycles. The highest BCUT2D eigenvalue weighted by Gasteiger charge is 2.50. The van der Waals surface area contributed by atoms with Gasteiger partial charge in [0.05, 0.1) is 0 Å². The Morgan fingerprint density at radius 2 is 2.12 bits per heavy atom. The van der Waals surface area contributed by atoms with Gasteiger partial charge in [-0.15, -0.1) is 0 Å². The normalized spacial score (nSPS) is 37.5. The van der Waals surface area contributed by atoms with Crippen LogP contribution in [0, 0.1) is 16.7 Å². The molecule has 16 heavy (non-hydrogen) atoms. The van der Waals surface area contributed by atoms with Crippen molar-refractivity contribution >= 4 is 5.78 Å². The van der Waals surface area contributed by atoms with Gasteiger partial charge in [-0.3, -0.25) is 4.79 Å². The summed E-state index contributed by atoms with van der Waals surface area (Å²) >= 11 is 0. The SMILES string of the molecule is CC(=O)C12CC=C(C)CC1CCC(C)(C)C2. The van der Waals surface area contributed by atoms with Gasteiger partial charge in [0.25, 0.3) is 0 Å². The highest BCUT2D eigenvalue weighted by atomic mass is 16.1. The molecule has 0 heterocycles. The Hall–Kier alpha value is -0.590. The fraction of sp³-hybridized carbons (Fsp3) is 0.800. The van der Waals surface area contributed by atoms with E-state index in [4.69, 9.17) is 0 Å². The topological polar surface area (TPSA) is 17.1 Å². The standard InChI is InChI=1S/C15H24O/c1-11-5-8-15(12(2)16)10-14(3,4)7-6-13(15)9-11/h5,13H,6-10H2,1-4H3. The molecule has 90 valence electrons. The van der Waals surface area contributed by atoms with Crippen LogP contribution in [-0.2, 0) is 4.79 Å². The van der Waals surface area contributed by atoms with E-state index in [1.54, 1.807) is 0 Å². The molecule has 2 atom stereocenters. The number of Topliss-reactive ketones (excluding diaryl/α,β-unsaturated/α-hetero) is 1. The molecule has 1 saturated carbocycles. The maximum Gasteiger partial charge on any atom is 0.136 e. The van der Waals surface area contributed by atoms with Gasteiger partial charge in [0.2, 0.25) is 0 Å². The molecule has 0 amide bonds. The monoisotopic (exact) mass is 220 g/mol. The van der Waals surface area contributed by atoms with Gasteiger partial charge < -0.3 is 0 Å². The second-order valence-electron chi connectivity index (χ2n) is 6.75. The van der Waals surface area contributed by atoms with Crippen LogP contribution in [0.5, 0.6) is 0 Å². The zero-order valence-corrected chi connectivity index (χ0v) is 11.1. The van der Waals surface area contributed by atoms with E-state index in [1.165, 1.54) is 18.4 Å². The molecule has 2 aliphatic carbocycles. The molecule has 1 fully saturated rings. The minimum absolute atomic E-state index is 0.0265. The average molecular weight is 220 g/mol. The molecule has 2 aliphatic rings. The van der Waals surface area contributed by atoms with Gasteiger partial charge in [0.15, 0.2) is 0 Å². The van der Waals surface area contributed by atoms with E-state index in [-0.39, 0.29) is 5.41 Å². The van der Waals surface area contributed by atoms with Crippen molar-refractivity contribution in [1.29, 1.82) is 0 Å². The highest BCUT2D eigenvalue weighted by molar-refractivity contribution is 5.83. The minimum atomic E-state index is -0.0265. The van der Waals surface area contributed by atoms with E-state index in [2.05, 4.69) is 26.8 Å². The van der Waals surface area contributed by atoms with Crippen LogP contribution in [-0.4, -0.2) is 5.78 Å². The van der Waals surface area contributed by atoms with Crippen LogP contribution in [0.25, 0.3) is 0 Å². The summed E-state index contributed by atoms with van der Waals surface area (Å²) in [5, 5.41) is 0. The maximum absolute atomic E-state index is 12.1. The van der Waals surface area contributed by atoms with Crippen LogP contribution in [0.4, 0.5) is 0 Å². The third kappa shape index (κ3) is 1.85. The number of carbonyl (C=O) groups is 1. The summed E-state index contributed by atoms with van der Waals surface area (Å²) < 4.78 is 0. The van der Waals surface area contributed by atoms with Gasteiger partial charge >= 0.3 is 0 Å². The number of rotatable bonds is 1. The van der Waals surface area contributed by atoms with Crippen molar-refractivity contribution in [3.05, 3.63) is 11.6 Å². The number of ketones is 1. The molecule has 0 aromatic carbocycles. The molecule has 2 rings (SSSR count). The van der Waals surface area contributed by atoms with E-state index >= 15 is 0 Å². The van der Waals surface area contributed by atoms with Crippen LogP contribution in [0.15, 0.2) is 11.6 Å². The minimum Gasteiger partial charge on any atom is -0.299 e. The molecule has 1 heteroatoms. The Bertz CT molecular complexity index is 337. The first-order valence-corrected chi connectivity index (χ1v) is 6.52. The molecule has 0 N–H and O–H groups in total. The predicted octanol–water partition coefficient (Wildman–Crippen LogP) is 4.13. The molecule has 0 aliphatic heterocycles. The lowest BCUT2D eigenvalue weighted by molar-refractivity contribution is -0.135. The van der Waals surface area contributed by atoms with Gasteiger partial charge in [-0.05, 0) is 57.3 Å². The molecular formula is C15H24O. The lowest BCUT2D eigenvalue weighted by Gasteiger charge is -2.50. The first kappa shape index (κ1) is 11.9. The molecule has 0 spiro atoms. The van der Waals surface area contributed by atoms with Gasteiger partial charge in [-0.25, -0.2) is 0 Å². The summed E-state index contributed by atoms with van der Waals surface area (Å²) in [6.07, 6.45) is 8.04. The van der Waals surface area contributed by atoms with Gasteiger partial charge in [-0.1, -0.05) is 25.5 Å². The average Bonchev–Trinajstić information content (AvgIpc) is 2.17. The van der Waals surface area contributed by atoms with Crippen molar-refractivity contribution in [3.8, 4) is 0 Å². The van der Waals surface area contributed by atoms with Crippen molar-refractivity contribution < 1.29 is 4.79 Å². The molecule has 0 aromatic rings. The zero-order chi connectivity index (χ0) is 12.0. The number of carbonyl (C=O) groups excluding carboxylic acids is 1. The number of hydrogen-bond donors (Lipinski definition) is 0. The Balaban J connectivity index is 2.35. The van der Waals surface area contributed by atoms with Crippen LogP contribution < -0.4 is 0 Å². The summed E-state index contributed by atoms with van der Waals surface area (Å²) in [4.78, 5) is 12.1. The number of allylic oxidation sites excluding steroid dienone is 2. The van der Waals surface area contributed by atoms with Crippen molar-refractivity contribution in [1.82, 2.24) is 0 Å². The molecule has 1 nitrogen and oxygen atoms in total. The van der Waals surface area contributed by atoms with Gasteiger partial charge in [-0.2, -0.15) is 0 Å². The smallest absolute Gasteiger partial charge is 0.136 e. The predicted molar refractivity (Wildman–Crippen MR) is 67.2 cm³/mol. The fourth-order valence-corrected chi connectivity index (χ4v) is 3.85. The Morgan fingerprint density at radius 3 is 2.75 bits per heavy atom. The fourth-order valence-electron chi connectivity index (χ4n) is 3.85. The first-order valence-electron chi connectivity index (χ1n) is 6.52. The lowest BCUT2D eigenvalue weighted by Crippen LogP contribution is -2.46. The van der Waals surface area contributed by atoms with E-state index < -0.39 is 0 Å². The van der Waals surface area contributed by atoms with Crippen LogP contribution in [0.3, 0.4) is 0 Å².